The van der Waals surface area contributed by atoms with Crippen LogP contribution in [0.1, 0.15) is 22.5 Å². The molecule has 0 bridgehead atoms. The minimum Gasteiger partial charge on any atom is -0.467 e. The van der Waals surface area contributed by atoms with E-state index >= 15 is 0 Å². The molecule has 7 heteroatoms. The van der Waals surface area contributed by atoms with Crippen molar-refractivity contribution in [3.05, 3.63) is 53.9 Å². The van der Waals surface area contributed by atoms with Gasteiger partial charge in [0.1, 0.15) is 11.7 Å². The highest BCUT2D eigenvalue weighted by Crippen LogP contribution is 2.16. The summed E-state index contributed by atoms with van der Waals surface area (Å²) in [5.74, 6) is -0.436. The second kappa shape index (κ2) is 7.74. The van der Waals surface area contributed by atoms with Crippen LogP contribution in [0, 0.1) is 0 Å². The van der Waals surface area contributed by atoms with Crippen LogP contribution in [0.4, 0.5) is 0 Å². The molecule has 3 rings (SSSR count). The highest BCUT2D eigenvalue weighted by molar-refractivity contribution is 5.96. The van der Waals surface area contributed by atoms with Crippen LogP contribution in [0.2, 0.25) is 0 Å². The largest absolute Gasteiger partial charge is 0.467 e. The summed E-state index contributed by atoms with van der Waals surface area (Å²) in [6.45, 7) is 1.04. The SMILES string of the molecule is COc1nccc(C(=O)N2CCCNC(=O)C2Cc2ccccc2)n1. The second-order valence-electron chi connectivity index (χ2n) is 5.78. The average molecular weight is 340 g/mol. The van der Waals surface area contributed by atoms with E-state index in [1.807, 2.05) is 30.3 Å². The molecule has 2 amide bonds. The van der Waals surface area contributed by atoms with E-state index in [1.54, 1.807) is 4.90 Å². The molecule has 25 heavy (non-hydrogen) atoms. The van der Waals surface area contributed by atoms with Gasteiger partial charge in [0.15, 0.2) is 0 Å². The zero-order valence-electron chi connectivity index (χ0n) is 14.0. The third-order valence-electron chi connectivity index (χ3n) is 4.12. The third kappa shape index (κ3) is 3.93. The first-order valence-electron chi connectivity index (χ1n) is 8.18. The number of ether oxygens (including phenoxy) is 1. The van der Waals surface area contributed by atoms with Crippen LogP contribution < -0.4 is 10.1 Å². The fourth-order valence-electron chi connectivity index (χ4n) is 2.86. The van der Waals surface area contributed by atoms with Crippen molar-refractivity contribution in [3.63, 3.8) is 0 Å². The molecule has 130 valence electrons. The lowest BCUT2D eigenvalue weighted by Gasteiger charge is -2.28. The van der Waals surface area contributed by atoms with Crippen molar-refractivity contribution in [1.29, 1.82) is 0 Å². The van der Waals surface area contributed by atoms with Crippen LogP contribution in [-0.4, -0.2) is 52.9 Å². The smallest absolute Gasteiger partial charge is 0.316 e. The molecule has 1 saturated heterocycles. The van der Waals surface area contributed by atoms with Gasteiger partial charge in [0.2, 0.25) is 5.91 Å². The van der Waals surface area contributed by atoms with Crippen LogP contribution >= 0.6 is 0 Å². The molecule has 1 aromatic heterocycles. The Balaban J connectivity index is 1.88. The Morgan fingerprint density at radius 1 is 1.32 bits per heavy atom. The standard InChI is InChI=1S/C18H20N4O3/c1-25-18-20-10-8-14(21-18)17(24)22-11-5-9-19-16(23)15(22)12-13-6-3-2-4-7-13/h2-4,6-8,10,15H,5,9,11-12H2,1H3,(H,19,23). The van der Waals surface area contributed by atoms with Crippen molar-refractivity contribution in [1.82, 2.24) is 20.2 Å². The van der Waals surface area contributed by atoms with Gasteiger partial charge in [-0.3, -0.25) is 9.59 Å². The molecule has 1 unspecified atom stereocenters. The summed E-state index contributed by atoms with van der Waals surface area (Å²) >= 11 is 0. The van der Waals surface area contributed by atoms with Gasteiger partial charge in [-0.1, -0.05) is 30.3 Å². The number of hydrogen-bond acceptors (Lipinski definition) is 5. The van der Waals surface area contributed by atoms with Gasteiger partial charge in [-0.25, -0.2) is 4.98 Å². The summed E-state index contributed by atoms with van der Waals surface area (Å²) in [6.07, 6.45) is 2.63. The van der Waals surface area contributed by atoms with Crippen LogP contribution in [0.5, 0.6) is 6.01 Å². The number of nitrogens with one attached hydrogen (secondary N) is 1. The Morgan fingerprint density at radius 2 is 2.12 bits per heavy atom. The van der Waals surface area contributed by atoms with E-state index in [4.69, 9.17) is 4.74 Å². The Labute approximate surface area is 146 Å². The van der Waals surface area contributed by atoms with Crippen LogP contribution in [0.25, 0.3) is 0 Å². The lowest BCUT2D eigenvalue weighted by Crippen LogP contribution is -2.48. The quantitative estimate of drug-likeness (QED) is 0.900. The third-order valence-corrected chi connectivity index (χ3v) is 4.12. The molecular formula is C18H20N4O3. The average Bonchev–Trinajstić information content (AvgIpc) is 2.84. The van der Waals surface area contributed by atoms with Gasteiger partial charge < -0.3 is 15.0 Å². The predicted octanol–water partition coefficient (Wildman–Crippen LogP) is 1.06. The molecular weight excluding hydrogens is 320 g/mol. The topological polar surface area (TPSA) is 84.4 Å². The molecule has 2 heterocycles. The summed E-state index contributed by atoms with van der Waals surface area (Å²) < 4.78 is 4.99. The molecule has 2 aromatic rings. The van der Waals surface area contributed by atoms with Crippen LogP contribution in [-0.2, 0) is 11.2 Å². The first-order chi connectivity index (χ1) is 12.2. The molecule has 1 aromatic carbocycles. The number of benzene rings is 1. The summed E-state index contributed by atoms with van der Waals surface area (Å²) in [4.78, 5) is 35.1. The fourth-order valence-corrected chi connectivity index (χ4v) is 2.86. The van der Waals surface area contributed by atoms with Crippen molar-refractivity contribution in [2.45, 2.75) is 18.9 Å². The lowest BCUT2D eigenvalue weighted by molar-refractivity contribution is -0.124. The zero-order valence-corrected chi connectivity index (χ0v) is 14.0. The number of methoxy groups -OCH3 is 1. The molecule has 0 spiro atoms. The number of aromatic nitrogens is 2. The first-order valence-corrected chi connectivity index (χ1v) is 8.18. The van der Waals surface area contributed by atoms with E-state index in [0.29, 0.717) is 25.9 Å². The number of nitrogens with zero attached hydrogens (tertiary/aromatic N) is 3. The molecule has 1 fully saturated rings. The molecule has 0 aliphatic carbocycles. The van der Waals surface area contributed by atoms with Gasteiger partial charge in [-0.15, -0.1) is 0 Å². The van der Waals surface area contributed by atoms with Gasteiger partial charge in [-0.2, -0.15) is 4.98 Å². The second-order valence-corrected chi connectivity index (χ2v) is 5.78. The van der Waals surface area contributed by atoms with Crippen molar-refractivity contribution < 1.29 is 14.3 Å². The fraction of sp³-hybridized carbons (Fsp3) is 0.333. The number of amides is 2. The Morgan fingerprint density at radius 3 is 2.88 bits per heavy atom. The first kappa shape index (κ1) is 16.9. The van der Waals surface area contributed by atoms with E-state index < -0.39 is 6.04 Å². The van der Waals surface area contributed by atoms with Crippen LogP contribution in [0.15, 0.2) is 42.6 Å². The lowest BCUT2D eigenvalue weighted by atomic mass is 10.0. The van der Waals surface area contributed by atoms with E-state index in [-0.39, 0.29) is 23.5 Å². The number of hydrogen-bond donors (Lipinski definition) is 1. The normalized spacial score (nSPS) is 17.6. The van der Waals surface area contributed by atoms with Crippen molar-refractivity contribution >= 4 is 11.8 Å². The van der Waals surface area contributed by atoms with E-state index in [1.165, 1.54) is 19.4 Å². The van der Waals surface area contributed by atoms with Gasteiger partial charge in [0, 0.05) is 25.7 Å². The summed E-state index contributed by atoms with van der Waals surface area (Å²) in [6, 6.07) is 10.8. The van der Waals surface area contributed by atoms with E-state index in [0.717, 1.165) is 5.56 Å². The maximum Gasteiger partial charge on any atom is 0.316 e. The molecule has 1 atom stereocenters. The molecule has 1 N–H and O–H groups in total. The number of carbonyl (C=O) groups is 2. The highest BCUT2D eigenvalue weighted by Gasteiger charge is 2.32. The Hall–Kier alpha value is -2.96. The molecule has 0 saturated carbocycles. The van der Waals surface area contributed by atoms with Crippen molar-refractivity contribution in [2.75, 3.05) is 20.2 Å². The van der Waals surface area contributed by atoms with Gasteiger partial charge in [-0.05, 0) is 18.1 Å². The van der Waals surface area contributed by atoms with Crippen molar-refractivity contribution in [2.24, 2.45) is 0 Å². The van der Waals surface area contributed by atoms with Crippen LogP contribution in [0.3, 0.4) is 0 Å². The predicted molar refractivity (Wildman–Crippen MR) is 91.2 cm³/mol. The zero-order chi connectivity index (χ0) is 17.6. The van der Waals surface area contributed by atoms with E-state index in [9.17, 15) is 9.59 Å². The van der Waals surface area contributed by atoms with Gasteiger partial charge in [0.25, 0.3) is 5.91 Å². The summed E-state index contributed by atoms with van der Waals surface area (Å²) in [5.41, 5.74) is 1.22. The summed E-state index contributed by atoms with van der Waals surface area (Å²) in [7, 11) is 1.45. The minimum atomic E-state index is -0.571. The van der Waals surface area contributed by atoms with Crippen molar-refractivity contribution in [3.8, 4) is 6.01 Å². The number of rotatable bonds is 4. The highest BCUT2D eigenvalue weighted by atomic mass is 16.5. The van der Waals surface area contributed by atoms with Gasteiger partial charge >= 0.3 is 6.01 Å². The van der Waals surface area contributed by atoms with E-state index in [2.05, 4.69) is 15.3 Å². The molecule has 1 aliphatic heterocycles. The Kier molecular flexibility index (Phi) is 5.23. The van der Waals surface area contributed by atoms with Gasteiger partial charge in [0.05, 0.1) is 7.11 Å². The molecule has 7 nitrogen and oxygen atoms in total. The minimum absolute atomic E-state index is 0.129. The maximum absolute atomic E-state index is 13.0. The maximum atomic E-state index is 13.0. The monoisotopic (exact) mass is 340 g/mol. The molecule has 0 radical (unpaired) electrons. The number of carbonyl (C=O) groups excluding carboxylic acids is 2. The Bertz CT molecular complexity index is 751. The summed E-state index contributed by atoms with van der Waals surface area (Å²) in [5, 5.41) is 2.88. The molecule has 1 aliphatic rings.